The maximum Gasteiger partial charge on any atom is 0.332 e. The largest absolute Gasteiger partial charge is 0.384 e. The topological polar surface area (TPSA) is 77.1 Å². The van der Waals surface area contributed by atoms with Crippen molar-refractivity contribution in [3.05, 3.63) is 85.5 Å². The van der Waals surface area contributed by atoms with Gasteiger partial charge in [0, 0.05) is 41.4 Å². The molecule has 0 saturated carbocycles. The van der Waals surface area contributed by atoms with Gasteiger partial charge in [-0.15, -0.1) is 0 Å². The maximum atomic E-state index is 13.2. The molecule has 0 spiro atoms. The fourth-order valence-electron chi connectivity index (χ4n) is 4.12. The van der Waals surface area contributed by atoms with Gasteiger partial charge in [0.1, 0.15) is 6.10 Å². The minimum absolute atomic E-state index is 0.258. The van der Waals surface area contributed by atoms with E-state index in [9.17, 15) is 14.7 Å². The molecule has 2 aromatic heterocycles. The lowest BCUT2D eigenvalue weighted by Crippen LogP contribution is -2.37. The Morgan fingerprint density at radius 3 is 2.34 bits per heavy atom. The number of hydrogen-bond donors (Lipinski definition) is 1. The van der Waals surface area contributed by atoms with Gasteiger partial charge in [-0.25, -0.2) is 9.78 Å². The predicted molar refractivity (Wildman–Crippen MR) is 112 cm³/mol. The highest BCUT2D eigenvalue weighted by atomic mass is 35.5. The van der Waals surface area contributed by atoms with Crippen LogP contribution in [-0.4, -0.2) is 19.2 Å². The molecule has 7 heteroatoms. The molecule has 1 N–H and O–H groups in total. The number of benzene rings is 2. The fourth-order valence-corrected chi connectivity index (χ4v) is 4.35. The fraction of sp³-hybridized carbons (Fsp3) is 0.136. The van der Waals surface area contributed by atoms with E-state index >= 15 is 0 Å². The highest BCUT2D eigenvalue weighted by Crippen LogP contribution is 2.49. The molecule has 2 aromatic carbocycles. The monoisotopic (exact) mass is 405 g/mol. The second-order valence-electron chi connectivity index (χ2n) is 7.12. The average molecular weight is 406 g/mol. The molecule has 6 nitrogen and oxygen atoms in total. The van der Waals surface area contributed by atoms with Crippen molar-refractivity contribution in [1.82, 2.24) is 14.1 Å². The SMILES string of the molecule is Cn1c(=O)c2c(-c3ccccc3Cl)c3c(nc2n(C)c1=O)-c1ccccc1[C@@H]3O. The summed E-state index contributed by atoms with van der Waals surface area (Å²) in [4.78, 5) is 30.4. The molecule has 0 fully saturated rings. The molecule has 1 atom stereocenters. The second kappa shape index (κ2) is 6.14. The van der Waals surface area contributed by atoms with E-state index < -0.39 is 17.4 Å². The Morgan fingerprint density at radius 1 is 0.966 bits per heavy atom. The van der Waals surface area contributed by atoms with Crippen molar-refractivity contribution in [2.24, 2.45) is 14.1 Å². The van der Waals surface area contributed by atoms with Gasteiger partial charge in [-0.2, -0.15) is 0 Å². The summed E-state index contributed by atoms with van der Waals surface area (Å²) in [7, 11) is 3.01. The zero-order chi connectivity index (χ0) is 20.4. The van der Waals surface area contributed by atoms with Gasteiger partial charge < -0.3 is 5.11 Å². The van der Waals surface area contributed by atoms with E-state index in [4.69, 9.17) is 11.6 Å². The van der Waals surface area contributed by atoms with Crippen molar-refractivity contribution in [1.29, 1.82) is 0 Å². The average Bonchev–Trinajstić information content (AvgIpc) is 3.02. The number of aromatic nitrogens is 3. The number of pyridine rings is 1. The highest BCUT2D eigenvalue weighted by Gasteiger charge is 2.34. The Morgan fingerprint density at radius 2 is 1.62 bits per heavy atom. The van der Waals surface area contributed by atoms with Gasteiger partial charge in [-0.05, 0) is 11.6 Å². The number of aliphatic hydroxyl groups is 1. The van der Waals surface area contributed by atoms with E-state index in [1.54, 1.807) is 25.2 Å². The van der Waals surface area contributed by atoms with E-state index in [-0.39, 0.29) is 11.0 Å². The van der Waals surface area contributed by atoms with E-state index in [0.717, 1.165) is 10.1 Å². The van der Waals surface area contributed by atoms with Crippen molar-refractivity contribution in [3.63, 3.8) is 0 Å². The van der Waals surface area contributed by atoms with E-state index in [1.807, 2.05) is 30.3 Å². The molecule has 2 heterocycles. The first-order valence-corrected chi connectivity index (χ1v) is 9.45. The maximum absolute atomic E-state index is 13.2. The minimum Gasteiger partial charge on any atom is -0.384 e. The van der Waals surface area contributed by atoms with Crippen molar-refractivity contribution < 1.29 is 5.11 Å². The summed E-state index contributed by atoms with van der Waals surface area (Å²) < 4.78 is 2.40. The van der Waals surface area contributed by atoms with Crippen LogP contribution in [0, 0.1) is 0 Å². The standard InChI is InChI=1S/C22H16ClN3O3/c1-25-20-17(21(28)26(2)22(25)29)15(13-9-5-6-10-14(13)23)16-18(24-20)11-7-3-4-8-12(11)19(16)27/h3-10,19,27H,1-2H3/t19-/m0/s1. The molecule has 29 heavy (non-hydrogen) atoms. The van der Waals surface area contributed by atoms with Crippen molar-refractivity contribution in [2.45, 2.75) is 6.10 Å². The molecular weight excluding hydrogens is 390 g/mol. The summed E-state index contributed by atoms with van der Waals surface area (Å²) in [5, 5.41) is 11.9. The number of aliphatic hydroxyl groups excluding tert-OH is 1. The second-order valence-corrected chi connectivity index (χ2v) is 7.53. The molecule has 1 aliphatic rings. The number of halogens is 1. The van der Waals surface area contributed by atoms with Crippen LogP contribution in [0.3, 0.4) is 0 Å². The quantitative estimate of drug-likeness (QED) is 0.528. The van der Waals surface area contributed by atoms with Crippen LogP contribution in [0.1, 0.15) is 17.2 Å². The Bertz CT molecular complexity index is 1450. The smallest absolute Gasteiger partial charge is 0.332 e. The number of fused-ring (bicyclic) bond motifs is 4. The molecule has 1 aliphatic carbocycles. The first kappa shape index (κ1) is 17.8. The summed E-state index contributed by atoms with van der Waals surface area (Å²) in [6, 6.07) is 14.6. The van der Waals surface area contributed by atoms with E-state index in [1.165, 1.54) is 11.6 Å². The number of hydrogen-bond acceptors (Lipinski definition) is 4. The van der Waals surface area contributed by atoms with Crippen LogP contribution in [0.4, 0.5) is 0 Å². The third-order valence-corrected chi connectivity index (χ3v) is 5.88. The third kappa shape index (κ3) is 2.30. The first-order chi connectivity index (χ1) is 13.9. The first-order valence-electron chi connectivity index (χ1n) is 9.07. The van der Waals surface area contributed by atoms with Gasteiger partial charge in [-0.3, -0.25) is 13.9 Å². The van der Waals surface area contributed by atoms with Crippen molar-refractivity contribution >= 4 is 22.6 Å². The lowest BCUT2D eigenvalue weighted by Gasteiger charge is -2.17. The van der Waals surface area contributed by atoms with Gasteiger partial charge in [0.2, 0.25) is 0 Å². The van der Waals surface area contributed by atoms with Crippen molar-refractivity contribution in [2.75, 3.05) is 0 Å². The van der Waals surface area contributed by atoms with E-state index in [0.29, 0.717) is 33.0 Å². The van der Waals surface area contributed by atoms with Crippen LogP contribution in [0.2, 0.25) is 5.02 Å². The molecule has 0 aliphatic heterocycles. The van der Waals surface area contributed by atoms with E-state index in [2.05, 4.69) is 4.98 Å². The molecule has 144 valence electrons. The molecule has 0 amide bonds. The molecule has 0 unspecified atom stereocenters. The van der Waals surface area contributed by atoms with Gasteiger partial charge in [-0.1, -0.05) is 54.1 Å². The van der Waals surface area contributed by atoms with Crippen LogP contribution in [0.15, 0.2) is 58.1 Å². The number of nitrogens with zero attached hydrogens (tertiary/aromatic N) is 3. The van der Waals surface area contributed by atoms with Crippen LogP contribution in [0.25, 0.3) is 33.4 Å². The number of rotatable bonds is 1. The zero-order valence-corrected chi connectivity index (χ0v) is 16.4. The Hall–Kier alpha value is -3.22. The van der Waals surface area contributed by atoms with Crippen LogP contribution in [-0.2, 0) is 14.1 Å². The van der Waals surface area contributed by atoms with Gasteiger partial charge in [0.15, 0.2) is 5.65 Å². The molecule has 5 rings (SSSR count). The number of aryl methyl sites for hydroxylation is 1. The van der Waals surface area contributed by atoms with Gasteiger partial charge in [0.25, 0.3) is 5.56 Å². The minimum atomic E-state index is -0.952. The summed E-state index contributed by atoms with van der Waals surface area (Å²) in [5.41, 5.74) is 3.01. The third-order valence-electron chi connectivity index (χ3n) is 5.55. The molecule has 0 radical (unpaired) electrons. The van der Waals surface area contributed by atoms with Crippen molar-refractivity contribution in [3.8, 4) is 22.4 Å². The Labute approximate surface area is 170 Å². The summed E-state index contributed by atoms with van der Waals surface area (Å²) in [6.07, 6.45) is -0.952. The highest BCUT2D eigenvalue weighted by molar-refractivity contribution is 6.33. The molecular formula is C22H16ClN3O3. The summed E-state index contributed by atoms with van der Waals surface area (Å²) >= 11 is 6.50. The lowest BCUT2D eigenvalue weighted by molar-refractivity contribution is 0.225. The lowest BCUT2D eigenvalue weighted by atomic mass is 9.94. The summed E-state index contributed by atoms with van der Waals surface area (Å²) in [5.74, 6) is 0. The van der Waals surface area contributed by atoms with Gasteiger partial charge >= 0.3 is 5.69 Å². The molecule has 0 saturated heterocycles. The predicted octanol–water partition coefficient (Wildman–Crippen LogP) is 3.01. The Kier molecular flexibility index (Phi) is 3.78. The Balaban J connectivity index is 2.09. The zero-order valence-electron chi connectivity index (χ0n) is 15.7. The van der Waals surface area contributed by atoms with Gasteiger partial charge in [0.05, 0.1) is 11.1 Å². The molecule has 0 bridgehead atoms. The van der Waals surface area contributed by atoms with Crippen LogP contribution in [0.5, 0.6) is 0 Å². The molecule has 4 aromatic rings. The summed E-state index contributed by atoms with van der Waals surface area (Å²) in [6.45, 7) is 0. The normalized spacial score (nSPS) is 14.8. The van der Waals surface area contributed by atoms with Crippen LogP contribution < -0.4 is 11.2 Å². The van der Waals surface area contributed by atoms with Crippen LogP contribution >= 0.6 is 11.6 Å².